The predicted octanol–water partition coefficient (Wildman–Crippen LogP) is 2.76. The Morgan fingerprint density at radius 2 is 2.29 bits per heavy atom. The summed E-state index contributed by atoms with van der Waals surface area (Å²) in [4.78, 5) is 4.25. The summed E-state index contributed by atoms with van der Waals surface area (Å²) in [5, 5.41) is 3.43. The number of ether oxygens (including phenoxy) is 1. The highest BCUT2D eigenvalue weighted by atomic mass is 16.5. The van der Waals surface area contributed by atoms with E-state index in [-0.39, 0.29) is 0 Å². The number of pyridine rings is 1. The molecule has 0 aromatic carbocycles. The molecule has 1 fully saturated rings. The van der Waals surface area contributed by atoms with E-state index in [1.165, 1.54) is 24.8 Å². The summed E-state index contributed by atoms with van der Waals surface area (Å²) < 4.78 is 5.78. The minimum absolute atomic E-state index is 0.404. The first-order valence-electron chi connectivity index (χ1n) is 6.56. The van der Waals surface area contributed by atoms with Gasteiger partial charge in [-0.2, -0.15) is 0 Å². The maximum absolute atomic E-state index is 5.78. The van der Waals surface area contributed by atoms with Crippen LogP contribution in [0.4, 0.5) is 0 Å². The molecule has 1 aliphatic rings. The Hall–Kier alpha value is -1.09. The molecule has 0 amide bonds. The lowest BCUT2D eigenvalue weighted by molar-refractivity contribution is 0.114. The summed E-state index contributed by atoms with van der Waals surface area (Å²) in [6.45, 7) is 6.36. The summed E-state index contributed by atoms with van der Waals surface area (Å²) in [5.74, 6) is 1.46. The van der Waals surface area contributed by atoms with Gasteiger partial charge < -0.3 is 10.1 Å². The minimum atomic E-state index is 0.404. The summed E-state index contributed by atoms with van der Waals surface area (Å²) >= 11 is 0. The van der Waals surface area contributed by atoms with Crippen LogP contribution in [0.1, 0.15) is 38.7 Å². The fraction of sp³-hybridized carbons (Fsp3) is 0.643. The van der Waals surface area contributed by atoms with E-state index >= 15 is 0 Å². The summed E-state index contributed by atoms with van der Waals surface area (Å²) in [7, 11) is 0. The Labute approximate surface area is 104 Å². The van der Waals surface area contributed by atoms with Crippen molar-refractivity contribution in [2.24, 2.45) is 5.92 Å². The van der Waals surface area contributed by atoms with Gasteiger partial charge in [-0.3, -0.25) is 0 Å². The highest BCUT2D eigenvalue weighted by molar-refractivity contribution is 5.20. The molecular weight excluding hydrogens is 212 g/mol. The largest absolute Gasteiger partial charge is 0.474 e. The third-order valence-corrected chi connectivity index (χ3v) is 3.02. The molecule has 1 heterocycles. The molecule has 0 radical (unpaired) electrons. The fourth-order valence-corrected chi connectivity index (χ4v) is 1.79. The lowest BCUT2D eigenvalue weighted by Crippen LogP contribution is -2.25. The quantitative estimate of drug-likeness (QED) is 0.822. The van der Waals surface area contributed by atoms with Gasteiger partial charge in [0.25, 0.3) is 0 Å². The van der Waals surface area contributed by atoms with Crippen LogP contribution in [0, 0.1) is 5.92 Å². The molecule has 0 aliphatic heterocycles. The Balaban J connectivity index is 1.82. The van der Waals surface area contributed by atoms with Crippen molar-refractivity contribution in [1.29, 1.82) is 0 Å². The molecule has 0 saturated heterocycles. The highest BCUT2D eigenvalue weighted by Gasteiger charge is 2.19. The normalized spacial score (nSPS) is 15.9. The minimum Gasteiger partial charge on any atom is -0.474 e. The van der Waals surface area contributed by atoms with E-state index in [1.54, 1.807) is 0 Å². The van der Waals surface area contributed by atoms with Crippen molar-refractivity contribution in [1.82, 2.24) is 10.3 Å². The van der Waals surface area contributed by atoms with Crippen LogP contribution in [0.15, 0.2) is 18.3 Å². The summed E-state index contributed by atoms with van der Waals surface area (Å²) in [5.41, 5.74) is 1.25. The van der Waals surface area contributed by atoms with Gasteiger partial charge in [-0.05, 0) is 43.4 Å². The molecule has 1 aromatic heterocycles. The first kappa shape index (κ1) is 12.4. The Morgan fingerprint density at radius 1 is 1.47 bits per heavy atom. The van der Waals surface area contributed by atoms with Crippen molar-refractivity contribution in [2.45, 2.75) is 45.8 Å². The average molecular weight is 234 g/mol. The highest BCUT2D eigenvalue weighted by Crippen LogP contribution is 2.24. The van der Waals surface area contributed by atoms with E-state index in [2.05, 4.69) is 24.1 Å². The number of rotatable bonds is 6. The maximum Gasteiger partial charge on any atom is 0.213 e. The molecule has 1 N–H and O–H groups in total. The monoisotopic (exact) mass is 234 g/mol. The van der Waals surface area contributed by atoms with Gasteiger partial charge in [-0.25, -0.2) is 4.98 Å². The first-order valence-corrected chi connectivity index (χ1v) is 6.56. The van der Waals surface area contributed by atoms with Gasteiger partial charge in [-0.1, -0.05) is 13.8 Å². The fourth-order valence-electron chi connectivity index (χ4n) is 1.79. The SMILES string of the molecule is CC(C)CNCc1ccnc(OC2CCC2)c1. The third kappa shape index (κ3) is 4.00. The maximum atomic E-state index is 5.78. The molecule has 1 aromatic rings. The van der Waals surface area contributed by atoms with Crippen LogP contribution in [-0.4, -0.2) is 17.6 Å². The van der Waals surface area contributed by atoms with Crippen LogP contribution < -0.4 is 10.1 Å². The molecule has 0 unspecified atom stereocenters. The smallest absolute Gasteiger partial charge is 0.213 e. The van der Waals surface area contributed by atoms with Crippen molar-refractivity contribution in [3.05, 3.63) is 23.9 Å². The number of nitrogens with zero attached hydrogens (tertiary/aromatic N) is 1. The summed E-state index contributed by atoms with van der Waals surface area (Å²) in [6.07, 6.45) is 5.89. The lowest BCUT2D eigenvalue weighted by atomic mass is 9.96. The van der Waals surface area contributed by atoms with Crippen LogP contribution in [0.2, 0.25) is 0 Å². The molecule has 17 heavy (non-hydrogen) atoms. The molecule has 3 heteroatoms. The van der Waals surface area contributed by atoms with Crippen molar-refractivity contribution in [3.63, 3.8) is 0 Å². The second-order valence-electron chi connectivity index (χ2n) is 5.20. The van der Waals surface area contributed by atoms with Gasteiger partial charge in [0.1, 0.15) is 6.10 Å². The zero-order valence-corrected chi connectivity index (χ0v) is 10.8. The molecular formula is C14H22N2O. The lowest BCUT2D eigenvalue weighted by Gasteiger charge is -2.25. The van der Waals surface area contributed by atoms with Gasteiger partial charge >= 0.3 is 0 Å². The average Bonchev–Trinajstić information content (AvgIpc) is 2.24. The number of nitrogens with one attached hydrogen (secondary N) is 1. The van der Waals surface area contributed by atoms with Crippen molar-refractivity contribution in [3.8, 4) is 5.88 Å². The van der Waals surface area contributed by atoms with Gasteiger partial charge in [0.05, 0.1) is 0 Å². The molecule has 2 rings (SSSR count). The predicted molar refractivity (Wildman–Crippen MR) is 69.0 cm³/mol. The standard InChI is InChI=1S/C14H22N2O/c1-11(2)9-15-10-12-6-7-16-14(8-12)17-13-4-3-5-13/h6-8,11,13,15H,3-5,9-10H2,1-2H3. The number of aromatic nitrogens is 1. The van der Waals surface area contributed by atoms with Crippen LogP contribution in [0.3, 0.4) is 0 Å². The Bertz CT molecular complexity index is 348. The van der Waals surface area contributed by atoms with E-state index in [9.17, 15) is 0 Å². The van der Waals surface area contributed by atoms with E-state index < -0.39 is 0 Å². The number of hydrogen-bond donors (Lipinski definition) is 1. The third-order valence-electron chi connectivity index (χ3n) is 3.02. The second-order valence-corrected chi connectivity index (χ2v) is 5.20. The molecule has 0 atom stereocenters. The topological polar surface area (TPSA) is 34.2 Å². The van der Waals surface area contributed by atoms with E-state index in [4.69, 9.17) is 4.74 Å². The van der Waals surface area contributed by atoms with Crippen molar-refractivity contribution in [2.75, 3.05) is 6.54 Å². The summed E-state index contributed by atoms with van der Waals surface area (Å²) in [6, 6.07) is 4.09. The molecule has 94 valence electrons. The molecule has 3 nitrogen and oxygen atoms in total. The van der Waals surface area contributed by atoms with Crippen LogP contribution >= 0.6 is 0 Å². The zero-order valence-electron chi connectivity index (χ0n) is 10.8. The Morgan fingerprint density at radius 3 is 2.94 bits per heavy atom. The van der Waals surface area contributed by atoms with Crippen LogP contribution in [0.5, 0.6) is 5.88 Å². The van der Waals surface area contributed by atoms with Gasteiger partial charge in [0.2, 0.25) is 5.88 Å². The molecule has 1 saturated carbocycles. The number of hydrogen-bond acceptors (Lipinski definition) is 3. The van der Waals surface area contributed by atoms with Gasteiger partial charge in [-0.15, -0.1) is 0 Å². The van der Waals surface area contributed by atoms with E-state index in [0.29, 0.717) is 12.0 Å². The molecule has 0 spiro atoms. The van der Waals surface area contributed by atoms with Crippen molar-refractivity contribution < 1.29 is 4.74 Å². The first-order chi connectivity index (χ1) is 8.24. The van der Waals surface area contributed by atoms with E-state index in [1.807, 2.05) is 18.3 Å². The van der Waals surface area contributed by atoms with E-state index in [0.717, 1.165) is 19.0 Å². The van der Waals surface area contributed by atoms with Crippen LogP contribution in [-0.2, 0) is 6.54 Å². The van der Waals surface area contributed by atoms with Crippen LogP contribution in [0.25, 0.3) is 0 Å². The van der Waals surface area contributed by atoms with Gasteiger partial charge in [0, 0.05) is 18.8 Å². The molecule has 1 aliphatic carbocycles. The van der Waals surface area contributed by atoms with Gasteiger partial charge in [0.15, 0.2) is 0 Å². The second kappa shape index (κ2) is 6.01. The Kier molecular flexibility index (Phi) is 4.37. The zero-order chi connectivity index (χ0) is 12.1. The van der Waals surface area contributed by atoms with Crippen molar-refractivity contribution >= 4 is 0 Å². The molecule has 0 bridgehead atoms.